The second-order valence-electron chi connectivity index (χ2n) is 6.88. The lowest BCUT2D eigenvalue weighted by atomic mass is 9.88. The summed E-state index contributed by atoms with van der Waals surface area (Å²) in [5.74, 6) is 0. The standard InChI is InChI=1S/C18H29N3/c1-20-11-5-9-18(15-19,10-13-20)21-12-4-8-16-6-2-3-7-17(16)14-21/h2-3,6-7H,4-5,8-15,19H2,1H3. The van der Waals surface area contributed by atoms with Crippen molar-refractivity contribution in [3.63, 3.8) is 0 Å². The molecule has 1 aromatic rings. The van der Waals surface area contributed by atoms with E-state index in [0.29, 0.717) is 0 Å². The molecule has 2 N–H and O–H groups in total. The number of fused-ring (bicyclic) bond motifs is 1. The van der Waals surface area contributed by atoms with Crippen LogP contribution in [-0.4, -0.2) is 48.6 Å². The highest BCUT2D eigenvalue weighted by atomic mass is 15.2. The average Bonchev–Trinajstić information content (AvgIpc) is 2.83. The average molecular weight is 287 g/mol. The van der Waals surface area contributed by atoms with Crippen molar-refractivity contribution in [2.45, 2.75) is 44.2 Å². The van der Waals surface area contributed by atoms with Crippen molar-refractivity contribution in [1.29, 1.82) is 0 Å². The third-order valence-electron chi connectivity index (χ3n) is 5.55. The summed E-state index contributed by atoms with van der Waals surface area (Å²) < 4.78 is 0. The molecule has 3 rings (SSSR count). The van der Waals surface area contributed by atoms with Gasteiger partial charge in [0, 0.05) is 18.6 Å². The molecule has 0 spiro atoms. The molecule has 1 saturated heterocycles. The van der Waals surface area contributed by atoms with E-state index in [1.807, 2.05) is 0 Å². The van der Waals surface area contributed by atoms with Crippen LogP contribution < -0.4 is 5.73 Å². The second kappa shape index (κ2) is 6.47. The third-order valence-corrected chi connectivity index (χ3v) is 5.55. The minimum Gasteiger partial charge on any atom is -0.329 e. The van der Waals surface area contributed by atoms with Crippen molar-refractivity contribution in [3.05, 3.63) is 35.4 Å². The molecule has 3 heteroatoms. The van der Waals surface area contributed by atoms with E-state index in [9.17, 15) is 0 Å². The van der Waals surface area contributed by atoms with E-state index in [1.165, 1.54) is 62.9 Å². The molecule has 2 heterocycles. The van der Waals surface area contributed by atoms with Gasteiger partial charge in [0.1, 0.15) is 0 Å². The molecule has 1 unspecified atom stereocenters. The number of hydrogen-bond donors (Lipinski definition) is 1. The topological polar surface area (TPSA) is 32.5 Å². The molecule has 0 bridgehead atoms. The van der Waals surface area contributed by atoms with E-state index >= 15 is 0 Å². The van der Waals surface area contributed by atoms with Crippen LogP contribution in [0.5, 0.6) is 0 Å². The lowest BCUT2D eigenvalue weighted by Crippen LogP contribution is -2.54. The minimum absolute atomic E-state index is 0.211. The maximum absolute atomic E-state index is 6.29. The Kier molecular flexibility index (Phi) is 4.63. The van der Waals surface area contributed by atoms with Gasteiger partial charge in [-0.2, -0.15) is 0 Å². The summed E-state index contributed by atoms with van der Waals surface area (Å²) in [6, 6.07) is 8.96. The highest BCUT2D eigenvalue weighted by Crippen LogP contribution is 2.32. The Morgan fingerprint density at radius 1 is 1.05 bits per heavy atom. The first-order valence-corrected chi connectivity index (χ1v) is 8.44. The first kappa shape index (κ1) is 15.0. The van der Waals surface area contributed by atoms with Crippen LogP contribution in [0.25, 0.3) is 0 Å². The maximum atomic E-state index is 6.29. The number of aryl methyl sites for hydroxylation is 1. The molecule has 2 aliphatic rings. The van der Waals surface area contributed by atoms with Crippen molar-refractivity contribution in [2.24, 2.45) is 5.73 Å². The van der Waals surface area contributed by atoms with Crippen molar-refractivity contribution >= 4 is 0 Å². The smallest absolute Gasteiger partial charge is 0.0347 e. The summed E-state index contributed by atoms with van der Waals surface area (Å²) in [4.78, 5) is 5.17. The fourth-order valence-electron chi connectivity index (χ4n) is 4.07. The zero-order valence-electron chi connectivity index (χ0n) is 13.4. The van der Waals surface area contributed by atoms with E-state index in [0.717, 1.165) is 13.1 Å². The molecule has 1 atom stereocenters. The third kappa shape index (κ3) is 3.15. The van der Waals surface area contributed by atoms with Gasteiger partial charge in [0.15, 0.2) is 0 Å². The zero-order valence-corrected chi connectivity index (χ0v) is 13.4. The van der Waals surface area contributed by atoms with E-state index in [2.05, 4.69) is 41.1 Å². The molecule has 3 nitrogen and oxygen atoms in total. The van der Waals surface area contributed by atoms with Crippen LogP contribution in [0, 0.1) is 0 Å². The molecule has 0 amide bonds. The fraction of sp³-hybridized carbons (Fsp3) is 0.667. The number of hydrogen-bond acceptors (Lipinski definition) is 3. The Morgan fingerprint density at radius 2 is 1.86 bits per heavy atom. The molecule has 0 aromatic heterocycles. The lowest BCUT2D eigenvalue weighted by molar-refractivity contribution is 0.0721. The van der Waals surface area contributed by atoms with Crippen molar-refractivity contribution in [3.8, 4) is 0 Å². The normalized spacial score (nSPS) is 28.7. The number of nitrogens with two attached hydrogens (primary N) is 1. The fourth-order valence-corrected chi connectivity index (χ4v) is 4.07. The molecule has 1 aromatic carbocycles. The minimum atomic E-state index is 0.211. The van der Waals surface area contributed by atoms with Crippen LogP contribution in [0.3, 0.4) is 0 Å². The zero-order chi connectivity index (χ0) is 14.7. The highest BCUT2D eigenvalue weighted by molar-refractivity contribution is 5.28. The van der Waals surface area contributed by atoms with E-state index < -0.39 is 0 Å². The first-order chi connectivity index (χ1) is 10.2. The first-order valence-electron chi connectivity index (χ1n) is 8.44. The van der Waals surface area contributed by atoms with Crippen LogP contribution in [-0.2, 0) is 13.0 Å². The molecule has 0 aliphatic carbocycles. The summed E-state index contributed by atoms with van der Waals surface area (Å²) in [5, 5.41) is 0. The molecule has 1 fully saturated rings. The van der Waals surface area contributed by atoms with Crippen molar-refractivity contribution in [2.75, 3.05) is 33.2 Å². The van der Waals surface area contributed by atoms with Gasteiger partial charge in [0.25, 0.3) is 0 Å². The van der Waals surface area contributed by atoms with Gasteiger partial charge in [0.2, 0.25) is 0 Å². The van der Waals surface area contributed by atoms with Crippen LogP contribution in [0.1, 0.15) is 36.8 Å². The lowest BCUT2D eigenvalue weighted by Gasteiger charge is -2.43. The number of nitrogens with zero attached hydrogens (tertiary/aromatic N) is 2. The number of rotatable bonds is 2. The molecule has 21 heavy (non-hydrogen) atoms. The van der Waals surface area contributed by atoms with E-state index in [4.69, 9.17) is 5.73 Å². The van der Waals surface area contributed by atoms with Crippen molar-refractivity contribution in [1.82, 2.24) is 9.80 Å². The summed E-state index contributed by atoms with van der Waals surface area (Å²) in [6.07, 6.45) is 6.20. The van der Waals surface area contributed by atoms with Gasteiger partial charge in [-0.3, -0.25) is 4.90 Å². The number of benzene rings is 1. The predicted molar refractivity (Wildman–Crippen MR) is 88.3 cm³/mol. The summed E-state index contributed by atoms with van der Waals surface area (Å²) in [6.45, 7) is 5.46. The predicted octanol–water partition coefficient (Wildman–Crippen LogP) is 2.25. The Balaban J connectivity index is 1.83. The van der Waals surface area contributed by atoms with Gasteiger partial charge >= 0.3 is 0 Å². The van der Waals surface area contributed by atoms with Gasteiger partial charge in [-0.15, -0.1) is 0 Å². The van der Waals surface area contributed by atoms with Crippen LogP contribution in [0.15, 0.2) is 24.3 Å². The molecular formula is C18H29N3. The van der Waals surface area contributed by atoms with E-state index in [1.54, 1.807) is 0 Å². The van der Waals surface area contributed by atoms with Gasteiger partial charge in [-0.25, -0.2) is 0 Å². The number of likely N-dealkylation sites (tertiary alicyclic amines) is 1. The van der Waals surface area contributed by atoms with Crippen LogP contribution in [0.2, 0.25) is 0 Å². The SMILES string of the molecule is CN1CCCC(CN)(N2CCCc3ccccc3C2)CC1. The monoisotopic (exact) mass is 287 g/mol. The van der Waals surface area contributed by atoms with Gasteiger partial charge < -0.3 is 10.6 Å². The van der Waals surface area contributed by atoms with Gasteiger partial charge in [-0.05, 0) is 69.9 Å². The Morgan fingerprint density at radius 3 is 2.67 bits per heavy atom. The van der Waals surface area contributed by atoms with Gasteiger partial charge in [-0.1, -0.05) is 24.3 Å². The van der Waals surface area contributed by atoms with Gasteiger partial charge in [0.05, 0.1) is 0 Å². The molecular weight excluding hydrogens is 258 g/mol. The van der Waals surface area contributed by atoms with Crippen LogP contribution >= 0.6 is 0 Å². The van der Waals surface area contributed by atoms with E-state index in [-0.39, 0.29) is 5.54 Å². The molecule has 116 valence electrons. The molecule has 0 saturated carbocycles. The maximum Gasteiger partial charge on any atom is 0.0347 e. The summed E-state index contributed by atoms with van der Waals surface area (Å²) in [5.41, 5.74) is 9.56. The largest absolute Gasteiger partial charge is 0.329 e. The highest BCUT2D eigenvalue weighted by Gasteiger charge is 2.37. The molecule has 2 aliphatic heterocycles. The molecule has 0 radical (unpaired) electrons. The summed E-state index contributed by atoms with van der Waals surface area (Å²) >= 11 is 0. The van der Waals surface area contributed by atoms with Crippen molar-refractivity contribution < 1.29 is 0 Å². The Bertz CT molecular complexity index is 473. The second-order valence-corrected chi connectivity index (χ2v) is 6.88. The Hall–Kier alpha value is -0.900. The quantitative estimate of drug-likeness (QED) is 0.905. The van der Waals surface area contributed by atoms with Crippen LogP contribution in [0.4, 0.5) is 0 Å². The Labute approximate surface area is 129 Å². The summed E-state index contributed by atoms with van der Waals surface area (Å²) in [7, 11) is 2.24.